The van der Waals surface area contributed by atoms with Crippen molar-refractivity contribution in [3.8, 4) is 0 Å². The van der Waals surface area contributed by atoms with Crippen LogP contribution in [-0.2, 0) is 35.7 Å². The number of thiophene rings is 1. The second-order valence-corrected chi connectivity index (χ2v) is 19.5. The van der Waals surface area contributed by atoms with Gasteiger partial charge in [-0.3, -0.25) is 19.2 Å². The molecule has 284 valence electrons. The number of hydrogen-bond acceptors (Lipinski definition) is 8. The van der Waals surface area contributed by atoms with Crippen LogP contribution in [-0.4, -0.2) is 91.0 Å². The first-order valence-electron chi connectivity index (χ1n) is 17.8. The Labute approximate surface area is 306 Å². The molecule has 3 aliphatic rings. The first-order valence-corrected chi connectivity index (χ1v) is 20.2. The predicted molar refractivity (Wildman–Crippen MR) is 196 cm³/mol. The molecule has 51 heavy (non-hydrogen) atoms. The largest absolute Gasteiger partial charge is 0.346 e. The molecule has 0 radical (unpaired) electrons. The van der Waals surface area contributed by atoms with Gasteiger partial charge in [-0.2, -0.15) is 4.31 Å². The van der Waals surface area contributed by atoms with Crippen molar-refractivity contribution in [2.24, 2.45) is 28.6 Å². The van der Waals surface area contributed by atoms with Crippen LogP contribution in [0, 0.1) is 28.6 Å². The highest BCUT2D eigenvalue weighted by molar-refractivity contribution is 7.89. The van der Waals surface area contributed by atoms with Crippen molar-refractivity contribution < 1.29 is 32.4 Å². The van der Waals surface area contributed by atoms with Gasteiger partial charge in [0.1, 0.15) is 12.1 Å². The standard InChI is InChI=1S/C36H56N6O7S2/c1-10-15-37-32(45)29(43)24(18-22-11-12-22)38-31(44)28-23(21(2)3)13-16-42(28)33(46)30(36(7,8)9)40-34(47)39-27(35(4,5)6)20-41-19-25-26(14-17-50-25)51(41,48)49/h10,14,17,21-24,27-28,30H,1,11-13,15-16,18-20H2,2-9H3,(H,37,45)(H,38,44)(H2,39,40,47)/t23-,24?,27-,28+,30-/m1/s1. The van der Waals surface area contributed by atoms with E-state index in [4.69, 9.17) is 0 Å². The van der Waals surface area contributed by atoms with E-state index in [2.05, 4.69) is 27.8 Å². The third-order valence-electron chi connectivity index (χ3n) is 10.2. The molecule has 13 nitrogen and oxygen atoms in total. The van der Waals surface area contributed by atoms with Crippen molar-refractivity contribution in [3.63, 3.8) is 0 Å². The molecular formula is C36H56N6O7S2. The Kier molecular flexibility index (Phi) is 12.5. The molecule has 5 atom stereocenters. The number of sulfonamides is 1. The zero-order valence-corrected chi connectivity index (χ0v) is 32.8. The Bertz CT molecular complexity index is 1610. The minimum atomic E-state index is -3.69. The lowest BCUT2D eigenvalue weighted by atomic mass is 9.84. The summed E-state index contributed by atoms with van der Waals surface area (Å²) >= 11 is 1.38. The summed E-state index contributed by atoms with van der Waals surface area (Å²) in [7, 11) is -3.69. The Hall–Kier alpha value is -3.30. The van der Waals surface area contributed by atoms with E-state index in [-0.39, 0.29) is 43.9 Å². The molecule has 5 amide bonds. The number of nitrogens with one attached hydrogen (secondary N) is 4. The van der Waals surface area contributed by atoms with Crippen LogP contribution < -0.4 is 21.3 Å². The lowest BCUT2D eigenvalue weighted by Gasteiger charge is -2.38. The Morgan fingerprint density at radius 1 is 1.00 bits per heavy atom. The van der Waals surface area contributed by atoms with Gasteiger partial charge in [0, 0.05) is 37.1 Å². The number of carbonyl (C=O) groups excluding carboxylic acids is 5. The second-order valence-electron chi connectivity index (χ2n) is 16.6. The van der Waals surface area contributed by atoms with Crippen molar-refractivity contribution in [3.05, 3.63) is 29.0 Å². The monoisotopic (exact) mass is 748 g/mol. The summed E-state index contributed by atoms with van der Waals surface area (Å²) in [6.07, 6.45) is 4.18. The minimum absolute atomic E-state index is 0.0236. The molecule has 1 saturated heterocycles. The van der Waals surface area contributed by atoms with Gasteiger partial charge in [-0.15, -0.1) is 17.9 Å². The quantitative estimate of drug-likeness (QED) is 0.167. The zero-order valence-electron chi connectivity index (χ0n) is 31.2. The summed E-state index contributed by atoms with van der Waals surface area (Å²) in [6.45, 7) is 19.4. The molecule has 1 saturated carbocycles. The smallest absolute Gasteiger partial charge is 0.315 e. The fourth-order valence-corrected chi connectivity index (χ4v) is 9.72. The average Bonchev–Trinajstić information content (AvgIpc) is 3.42. The van der Waals surface area contributed by atoms with Gasteiger partial charge in [-0.25, -0.2) is 13.2 Å². The van der Waals surface area contributed by atoms with Crippen molar-refractivity contribution in [2.75, 3.05) is 19.6 Å². The molecule has 15 heteroatoms. The van der Waals surface area contributed by atoms with Crippen LogP contribution >= 0.6 is 11.3 Å². The summed E-state index contributed by atoms with van der Waals surface area (Å²) in [5.74, 6) is -2.42. The Morgan fingerprint density at radius 3 is 2.22 bits per heavy atom. The SMILES string of the molecule is C=CCNC(=O)C(=O)C(CC1CC1)NC(=O)[C@@H]1[C@@H](C(C)C)CCN1C(=O)[C@@H](NC(=O)N[C@H](CN1Cc2sccc2S1(=O)=O)C(C)(C)C)C(C)(C)C. The van der Waals surface area contributed by atoms with Crippen molar-refractivity contribution >= 4 is 50.9 Å². The molecule has 2 aliphatic heterocycles. The third kappa shape index (κ3) is 9.58. The van der Waals surface area contributed by atoms with Gasteiger partial charge in [0.2, 0.25) is 27.6 Å². The van der Waals surface area contributed by atoms with Crippen molar-refractivity contribution in [1.82, 2.24) is 30.5 Å². The van der Waals surface area contributed by atoms with Gasteiger partial charge >= 0.3 is 6.03 Å². The number of carbonyl (C=O) groups is 5. The van der Waals surface area contributed by atoms with E-state index in [1.807, 2.05) is 55.4 Å². The molecular weight excluding hydrogens is 693 g/mol. The predicted octanol–water partition coefficient (Wildman–Crippen LogP) is 3.41. The number of Topliss-reactive ketones (excluding diaryl/α,β-unsaturated/α-hetero) is 1. The maximum atomic E-state index is 14.5. The normalized spacial score (nSPS) is 22.1. The average molecular weight is 749 g/mol. The highest BCUT2D eigenvalue weighted by Gasteiger charge is 2.48. The van der Waals surface area contributed by atoms with Gasteiger partial charge in [0.15, 0.2) is 0 Å². The topological polar surface area (TPSA) is 174 Å². The summed E-state index contributed by atoms with van der Waals surface area (Å²) in [5, 5.41) is 12.9. The number of urea groups is 1. The molecule has 2 fully saturated rings. The van der Waals surface area contributed by atoms with E-state index >= 15 is 0 Å². The number of rotatable bonds is 14. The Morgan fingerprint density at radius 2 is 1.67 bits per heavy atom. The van der Waals surface area contributed by atoms with E-state index in [1.165, 1.54) is 26.6 Å². The van der Waals surface area contributed by atoms with Gasteiger partial charge in [0.25, 0.3) is 5.91 Å². The van der Waals surface area contributed by atoms with Gasteiger partial charge in [-0.05, 0) is 52.9 Å². The van der Waals surface area contributed by atoms with Crippen LogP contribution in [0.2, 0.25) is 0 Å². The van der Waals surface area contributed by atoms with Gasteiger partial charge in [-0.1, -0.05) is 74.3 Å². The second kappa shape index (κ2) is 15.7. The van der Waals surface area contributed by atoms with E-state index in [9.17, 15) is 32.4 Å². The van der Waals surface area contributed by atoms with Crippen LogP contribution in [0.5, 0.6) is 0 Å². The molecule has 4 rings (SSSR count). The van der Waals surface area contributed by atoms with Crippen LogP contribution in [0.3, 0.4) is 0 Å². The molecule has 1 unspecified atom stereocenters. The highest BCUT2D eigenvalue weighted by atomic mass is 32.2. The zero-order chi connectivity index (χ0) is 38.1. The van der Waals surface area contributed by atoms with Crippen molar-refractivity contribution in [2.45, 2.75) is 117 Å². The summed E-state index contributed by atoms with van der Waals surface area (Å²) in [5.41, 5.74) is -1.31. The number of nitrogens with zero attached hydrogens (tertiary/aromatic N) is 2. The maximum absolute atomic E-state index is 14.5. The molecule has 4 N–H and O–H groups in total. The van der Waals surface area contributed by atoms with Crippen LogP contribution in [0.4, 0.5) is 4.79 Å². The lowest BCUT2D eigenvalue weighted by molar-refractivity contribution is -0.144. The molecule has 3 heterocycles. The Balaban J connectivity index is 1.52. The fourth-order valence-electron chi connectivity index (χ4n) is 6.79. The molecule has 1 aliphatic carbocycles. The van der Waals surface area contributed by atoms with Crippen LogP contribution in [0.15, 0.2) is 29.0 Å². The molecule has 0 spiro atoms. The van der Waals surface area contributed by atoms with Crippen LogP contribution in [0.25, 0.3) is 0 Å². The summed E-state index contributed by atoms with van der Waals surface area (Å²) in [6, 6.07) is -2.61. The summed E-state index contributed by atoms with van der Waals surface area (Å²) in [4.78, 5) is 70.6. The van der Waals surface area contributed by atoms with Gasteiger partial charge < -0.3 is 26.2 Å². The number of hydrogen-bond donors (Lipinski definition) is 4. The van der Waals surface area contributed by atoms with E-state index < -0.39 is 74.6 Å². The number of amides is 5. The first-order chi connectivity index (χ1) is 23.7. The summed E-state index contributed by atoms with van der Waals surface area (Å²) < 4.78 is 27.8. The molecule has 0 aromatic carbocycles. The third-order valence-corrected chi connectivity index (χ3v) is 13.1. The van der Waals surface area contributed by atoms with E-state index in [0.717, 1.165) is 17.7 Å². The van der Waals surface area contributed by atoms with Crippen LogP contribution in [0.1, 0.15) is 86.0 Å². The first kappa shape index (κ1) is 40.5. The van der Waals surface area contributed by atoms with E-state index in [1.54, 1.807) is 11.4 Å². The molecule has 1 aromatic rings. The van der Waals surface area contributed by atoms with Crippen molar-refractivity contribution in [1.29, 1.82) is 0 Å². The highest BCUT2D eigenvalue weighted by Crippen LogP contribution is 2.37. The number of fused-ring (bicyclic) bond motifs is 1. The fraction of sp³-hybridized carbons (Fsp3) is 0.694. The minimum Gasteiger partial charge on any atom is -0.346 e. The lowest BCUT2D eigenvalue weighted by Crippen LogP contribution is -2.62. The maximum Gasteiger partial charge on any atom is 0.315 e. The van der Waals surface area contributed by atoms with Gasteiger partial charge in [0.05, 0.1) is 10.9 Å². The molecule has 0 bridgehead atoms. The number of ketones is 1. The number of likely N-dealkylation sites (tertiary alicyclic amines) is 1. The molecule has 1 aromatic heterocycles. The van der Waals surface area contributed by atoms with E-state index in [0.29, 0.717) is 17.7 Å².